The fraction of sp³-hybridized carbons (Fsp3) is 0.700. The summed E-state index contributed by atoms with van der Waals surface area (Å²) >= 11 is 0. The second-order valence-electron chi connectivity index (χ2n) is 3.95. The van der Waals surface area contributed by atoms with Gasteiger partial charge in [-0.05, 0) is 7.05 Å². The smallest absolute Gasteiger partial charge is 0.318 e. The van der Waals surface area contributed by atoms with Crippen LogP contribution in [0.3, 0.4) is 0 Å². The maximum absolute atomic E-state index is 12.4. The molecule has 0 aliphatic heterocycles. The van der Waals surface area contributed by atoms with E-state index < -0.39 is 12.7 Å². The molecule has 98 valence electrons. The van der Waals surface area contributed by atoms with Crippen molar-refractivity contribution in [3.8, 4) is 0 Å². The van der Waals surface area contributed by atoms with Gasteiger partial charge in [0.1, 0.15) is 0 Å². The van der Waals surface area contributed by atoms with Gasteiger partial charge in [-0.25, -0.2) is 0 Å². The molecule has 0 aromatic carbocycles. The number of aromatic nitrogens is 2. The summed E-state index contributed by atoms with van der Waals surface area (Å²) in [6.45, 7) is 0.236. The molecule has 0 atom stereocenters. The Kier molecular flexibility index (Phi) is 4.95. The Morgan fingerprint density at radius 3 is 2.65 bits per heavy atom. The third kappa shape index (κ3) is 5.69. The van der Waals surface area contributed by atoms with E-state index in [0.29, 0.717) is 13.1 Å². The molecule has 0 fully saturated rings. The quantitative estimate of drug-likeness (QED) is 0.817. The molecule has 4 nitrogen and oxygen atoms in total. The van der Waals surface area contributed by atoms with Gasteiger partial charge >= 0.3 is 6.18 Å². The molecule has 0 amide bonds. The van der Waals surface area contributed by atoms with Gasteiger partial charge in [-0.3, -0.25) is 9.58 Å². The summed E-state index contributed by atoms with van der Waals surface area (Å²) in [5.74, 6) is 0. The summed E-state index contributed by atoms with van der Waals surface area (Å²) in [6.07, 6.45) is -0.860. The summed E-state index contributed by atoms with van der Waals surface area (Å²) in [5.41, 5.74) is 0.785. The number of likely N-dealkylation sites (N-methyl/N-ethyl adjacent to an activating group) is 1. The van der Waals surface area contributed by atoms with Crippen LogP contribution in [0.15, 0.2) is 12.4 Å². The first-order chi connectivity index (χ1) is 7.90. The van der Waals surface area contributed by atoms with Crippen molar-refractivity contribution in [1.29, 1.82) is 0 Å². The van der Waals surface area contributed by atoms with Crippen LogP contribution in [-0.2, 0) is 13.6 Å². The summed E-state index contributed by atoms with van der Waals surface area (Å²) < 4.78 is 38.7. The Morgan fingerprint density at radius 1 is 1.47 bits per heavy atom. The average Bonchev–Trinajstić information content (AvgIpc) is 2.58. The molecule has 1 aromatic rings. The van der Waals surface area contributed by atoms with Crippen LogP contribution >= 0.6 is 0 Å². The lowest BCUT2D eigenvalue weighted by Crippen LogP contribution is -2.37. The normalized spacial score (nSPS) is 12.4. The van der Waals surface area contributed by atoms with E-state index in [1.165, 1.54) is 4.90 Å². The van der Waals surface area contributed by atoms with Gasteiger partial charge in [-0.2, -0.15) is 18.3 Å². The molecule has 1 N–H and O–H groups in total. The van der Waals surface area contributed by atoms with Gasteiger partial charge in [0, 0.05) is 38.4 Å². The van der Waals surface area contributed by atoms with Crippen LogP contribution in [0, 0.1) is 0 Å². The molecule has 0 spiro atoms. The molecule has 17 heavy (non-hydrogen) atoms. The lowest BCUT2D eigenvalue weighted by molar-refractivity contribution is -0.146. The molecule has 0 radical (unpaired) electrons. The molecule has 7 heteroatoms. The van der Waals surface area contributed by atoms with Gasteiger partial charge in [-0.1, -0.05) is 0 Å². The molecule has 1 heterocycles. The Bertz CT molecular complexity index is 335. The Labute approximate surface area is 98.4 Å². The summed E-state index contributed by atoms with van der Waals surface area (Å²) in [4.78, 5) is 1.35. The number of hydrogen-bond acceptors (Lipinski definition) is 3. The minimum Gasteiger partial charge on any atom is -0.318 e. The van der Waals surface area contributed by atoms with Crippen LogP contribution in [0.25, 0.3) is 0 Å². The van der Waals surface area contributed by atoms with Crippen molar-refractivity contribution in [2.24, 2.45) is 7.05 Å². The molecule has 0 unspecified atom stereocenters. The third-order valence-electron chi connectivity index (χ3n) is 2.25. The molecule has 0 saturated carbocycles. The number of nitrogens with one attached hydrogen (secondary N) is 1. The number of halogens is 3. The lowest BCUT2D eigenvalue weighted by atomic mass is 10.3. The zero-order valence-electron chi connectivity index (χ0n) is 9.96. The summed E-state index contributed by atoms with van der Waals surface area (Å²) in [7, 11) is 3.46. The van der Waals surface area contributed by atoms with Crippen LogP contribution in [0.5, 0.6) is 0 Å². The SMILES string of the molecule is CNCCN(Cc1cnn(C)c1)CC(F)(F)F. The second-order valence-corrected chi connectivity index (χ2v) is 3.95. The number of nitrogens with zero attached hydrogens (tertiary/aromatic N) is 3. The highest BCUT2D eigenvalue weighted by Crippen LogP contribution is 2.17. The number of aryl methyl sites for hydroxylation is 1. The monoisotopic (exact) mass is 250 g/mol. The fourth-order valence-electron chi connectivity index (χ4n) is 1.55. The first-order valence-electron chi connectivity index (χ1n) is 5.32. The van der Waals surface area contributed by atoms with Crippen molar-refractivity contribution in [1.82, 2.24) is 20.0 Å². The first-order valence-corrected chi connectivity index (χ1v) is 5.32. The van der Waals surface area contributed by atoms with Crippen molar-refractivity contribution >= 4 is 0 Å². The van der Waals surface area contributed by atoms with Gasteiger partial charge in [0.15, 0.2) is 0 Å². The van der Waals surface area contributed by atoms with Crippen molar-refractivity contribution in [3.63, 3.8) is 0 Å². The molecule has 1 aromatic heterocycles. The fourth-order valence-corrected chi connectivity index (χ4v) is 1.55. The van der Waals surface area contributed by atoms with Crippen LogP contribution in [0.4, 0.5) is 13.2 Å². The largest absolute Gasteiger partial charge is 0.401 e. The Morgan fingerprint density at radius 2 is 2.18 bits per heavy atom. The summed E-state index contributed by atoms with van der Waals surface area (Å²) in [5, 5.41) is 6.78. The Hall–Kier alpha value is -1.08. The van der Waals surface area contributed by atoms with Crippen molar-refractivity contribution in [3.05, 3.63) is 18.0 Å². The van der Waals surface area contributed by atoms with E-state index in [1.807, 2.05) is 0 Å². The van der Waals surface area contributed by atoms with Gasteiger partial charge < -0.3 is 5.32 Å². The molecule has 1 rings (SSSR count). The van der Waals surface area contributed by atoms with Gasteiger partial charge in [0.05, 0.1) is 12.7 Å². The standard InChI is InChI=1S/C10H17F3N4/c1-14-3-4-17(8-10(11,12)13)7-9-5-15-16(2)6-9/h5-6,14H,3-4,7-8H2,1-2H3. The minimum atomic E-state index is -4.17. The van der Waals surface area contributed by atoms with E-state index in [-0.39, 0.29) is 6.54 Å². The predicted molar refractivity (Wildman–Crippen MR) is 58.5 cm³/mol. The highest BCUT2D eigenvalue weighted by molar-refractivity contribution is 5.03. The van der Waals surface area contributed by atoms with E-state index >= 15 is 0 Å². The number of rotatable bonds is 6. The van der Waals surface area contributed by atoms with Gasteiger partial charge in [0.25, 0.3) is 0 Å². The van der Waals surface area contributed by atoms with Crippen molar-refractivity contribution < 1.29 is 13.2 Å². The summed E-state index contributed by atoms with van der Waals surface area (Å²) in [6, 6.07) is 0. The molecule has 0 saturated heterocycles. The van der Waals surface area contributed by atoms with Gasteiger partial charge in [-0.15, -0.1) is 0 Å². The number of hydrogen-bond donors (Lipinski definition) is 1. The number of alkyl halides is 3. The van der Waals surface area contributed by atoms with Crippen LogP contribution in [0.2, 0.25) is 0 Å². The van der Waals surface area contributed by atoms with Gasteiger partial charge in [0.2, 0.25) is 0 Å². The third-order valence-corrected chi connectivity index (χ3v) is 2.25. The molecular formula is C10H17F3N4. The molecular weight excluding hydrogens is 233 g/mol. The van der Waals surface area contributed by atoms with E-state index in [4.69, 9.17) is 0 Å². The maximum Gasteiger partial charge on any atom is 0.401 e. The molecule has 0 bridgehead atoms. The Balaban J connectivity index is 2.56. The van der Waals surface area contributed by atoms with Crippen LogP contribution < -0.4 is 5.32 Å². The van der Waals surface area contributed by atoms with E-state index in [0.717, 1.165) is 5.56 Å². The van der Waals surface area contributed by atoms with Crippen LogP contribution in [0.1, 0.15) is 5.56 Å². The molecule has 0 aliphatic carbocycles. The zero-order chi connectivity index (χ0) is 12.9. The highest BCUT2D eigenvalue weighted by atomic mass is 19.4. The molecule has 0 aliphatic rings. The minimum absolute atomic E-state index is 0.259. The zero-order valence-corrected chi connectivity index (χ0v) is 9.96. The van der Waals surface area contributed by atoms with Crippen LogP contribution in [-0.4, -0.2) is 47.5 Å². The topological polar surface area (TPSA) is 33.1 Å². The van der Waals surface area contributed by atoms with E-state index in [2.05, 4.69) is 10.4 Å². The predicted octanol–water partition coefficient (Wildman–Crippen LogP) is 1.00. The highest BCUT2D eigenvalue weighted by Gasteiger charge is 2.30. The van der Waals surface area contributed by atoms with Crippen molar-refractivity contribution in [2.45, 2.75) is 12.7 Å². The average molecular weight is 250 g/mol. The van der Waals surface area contributed by atoms with Crippen molar-refractivity contribution in [2.75, 3.05) is 26.7 Å². The second kappa shape index (κ2) is 6.02. The maximum atomic E-state index is 12.4. The van der Waals surface area contributed by atoms with E-state index in [1.54, 1.807) is 31.2 Å². The lowest BCUT2D eigenvalue weighted by Gasteiger charge is -2.22. The van der Waals surface area contributed by atoms with E-state index in [9.17, 15) is 13.2 Å². The first kappa shape index (κ1) is 14.0.